The number of hydrogen-bond acceptors (Lipinski definition) is 8. The number of non-ortho nitro benzene ring substituents is 1. The number of nitrogens with zero attached hydrogens (tertiary/aromatic N) is 4. The number of aromatic nitrogens is 3. The number of hydrogen-bond donors (Lipinski definition) is 1. The molecule has 8 nitrogen and oxygen atoms in total. The molecule has 4 rings (SSSR count). The Morgan fingerprint density at radius 1 is 1.18 bits per heavy atom. The van der Waals surface area contributed by atoms with Crippen molar-refractivity contribution in [2.24, 2.45) is 0 Å². The van der Waals surface area contributed by atoms with Gasteiger partial charge < -0.3 is 10.1 Å². The van der Waals surface area contributed by atoms with Gasteiger partial charge in [0.05, 0.1) is 4.92 Å². The predicted octanol–water partition coefficient (Wildman–Crippen LogP) is 4.45. The minimum Gasteiger partial charge on any atom is -0.448 e. The van der Waals surface area contributed by atoms with Crippen molar-refractivity contribution in [3.63, 3.8) is 0 Å². The lowest BCUT2D eigenvalue weighted by molar-refractivity contribution is -0.384. The van der Waals surface area contributed by atoms with E-state index >= 15 is 0 Å². The van der Waals surface area contributed by atoms with Crippen molar-refractivity contribution in [1.29, 1.82) is 0 Å². The van der Waals surface area contributed by atoms with Crippen LogP contribution >= 0.6 is 11.8 Å². The number of nitro groups is 1. The van der Waals surface area contributed by atoms with Gasteiger partial charge in [-0.2, -0.15) is 4.98 Å². The van der Waals surface area contributed by atoms with Crippen LogP contribution in [-0.2, 0) is 0 Å². The van der Waals surface area contributed by atoms with E-state index < -0.39 is 11.2 Å². The molecule has 2 heterocycles. The van der Waals surface area contributed by atoms with E-state index in [2.05, 4.69) is 27.4 Å². The van der Waals surface area contributed by atoms with Crippen LogP contribution in [0.2, 0.25) is 0 Å². The molecule has 0 aliphatic carbocycles. The Bertz CT molecular complexity index is 1010. The largest absolute Gasteiger partial charge is 0.448 e. The van der Waals surface area contributed by atoms with Gasteiger partial charge in [-0.1, -0.05) is 36.9 Å². The molecule has 0 radical (unpaired) electrons. The molecule has 1 atom stereocenters. The van der Waals surface area contributed by atoms with E-state index in [1.807, 2.05) is 24.3 Å². The fourth-order valence-electron chi connectivity index (χ4n) is 2.82. The van der Waals surface area contributed by atoms with Crippen LogP contribution in [0.25, 0.3) is 11.3 Å². The highest BCUT2D eigenvalue weighted by Crippen LogP contribution is 2.39. The van der Waals surface area contributed by atoms with Crippen molar-refractivity contribution < 1.29 is 9.66 Å². The molecule has 0 bridgehead atoms. The highest BCUT2D eigenvalue weighted by Gasteiger charge is 2.26. The van der Waals surface area contributed by atoms with Gasteiger partial charge in [0.1, 0.15) is 0 Å². The van der Waals surface area contributed by atoms with Crippen LogP contribution in [0.5, 0.6) is 5.88 Å². The van der Waals surface area contributed by atoms with Crippen molar-refractivity contribution in [1.82, 2.24) is 15.2 Å². The number of ether oxygens (including phenoxy) is 1. The van der Waals surface area contributed by atoms with E-state index in [1.165, 1.54) is 23.9 Å². The third-order valence-corrected chi connectivity index (χ3v) is 5.22. The van der Waals surface area contributed by atoms with Crippen LogP contribution in [0.3, 0.4) is 0 Å². The first-order valence-electron chi connectivity index (χ1n) is 8.80. The van der Waals surface area contributed by atoms with Gasteiger partial charge in [0.25, 0.3) is 5.69 Å². The van der Waals surface area contributed by atoms with Gasteiger partial charge in [-0.3, -0.25) is 10.1 Å². The standard InChI is InChI=1S/C19H17N5O3S/c1-2-11-28-19-21-18-16(22-23-19)14-5-3-4-6-15(14)20-17(27-18)12-7-9-13(10-8-12)24(25)26/h3-10,17,20H,2,11H2,1H3/t17-/m1/s1. The molecule has 28 heavy (non-hydrogen) atoms. The molecule has 3 aromatic rings. The van der Waals surface area contributed by atoms with Crippen LogP contribution in [0.15, 0.2) is 53.7 Å². The Morgan fingerprint density at radius 2 is 1.96 bits per heavy atom. The Hall–Kier alpha value is -3.20. The third-order valence-electron chi connectivity index (χ3n) is 4.18. The topological polar surface area (TPSA) is 103 Å². The van der Waals surface area contributed by atoms with Crippen LogP contribution in [-0.4, -0.2) is 25.9 Å². The third kappa shape index (κ3) is 3.61. The highest BCUT2D eigenvalue weighted by molar-refractivity contribution is 7.99. The van der Waals surface area contributed by atoms with Gasteiger partial charge in [0.15, 0.2) is 11.9 Å². The van der Waals surface area contributed by atoms with Crippen molar-refractivity contribution in [2.45, 2.75) is 24.7 Å². The molecule has 0 saturated heterocycles. The summed E-state index contributed by atoms with van der Waals surface area (Å²) < 4.78 is 6.14. The maximum Gasteiger partial charge on any atom is 0.269 e. The van der Waals surface area contributed by atoms with Gasteiger partial charge in [-0.15, -0.1) is 10.2 Å². The quantitative estimate of drug-likeness (QED) is 0.384. The van der Waals surface area contributed by atoms with E-state index in [0.717, 1.165) is 29.0 Å². The molecular weight excluding hydrogens is 378 g/mol. The molecule has 1 N–H and O–H groups in total. The van der Waals surface area contributed by atoms with E-state index in [1.54, 1.807) is 12.1 Å². The average molecular weight is 395 g/mol. The van der Waals surface area contributed by atoms with Gasteiger partial charge in [0.2, 0.25) is 11.0 Å². The Kier molecular flexibility index (Phi) is 5.07. The summed E-state index contributed by atoms with van der Waals surface area (Å²) in [6, 6.07) is 13.9. The summed E-state index contributed by atoms with van der Waals surface area (Å²) in [5.41, 5.74) is 3.01. The van der Waals surface area contributed by atoms with Crippen molar-refractivity contribution in [3.05, 3.63) is 64.2 Å². The van der Waals surface area contributed by atoms with Crippen LogP contribution in [0.4, 0.5) is 11.4 Å². The van der Waals surface area contributed by atoms with Gasteiger partial charge in [-0.05, 0) is 24.6 Å². The molecule has 142 valence electrons. The number of nitrogens with one attached hydrogen (secondary N) is 1. The number of fused-ring (bicyclic) bond motifs is 3. The van der Waals surface area contributed by atoms with E-state index in [-0.39, 0.29) is 5.69 Å². The van der Waals surface area contributed by atoms with Gasteiger partial charge in [0, 0.05) is 34.7 Å². The fraction of sp³-hybridized carbons (Fsp3) is 0.211. The number of benzene rings is 2. The van der Waals surface area contributed by atoms with Crippen molar-refractivity contribution in [2.75, 3.05) is 11.1 Å². The SMILES string of the molecule is CCCSc1nnc2c(n1)O[C@H](c1ccc([N+](=O)[O-])cc1)Nc1ccccc1-2. The number of nitro benzene ring substituents is 1. The molecule has 0 fully saturated rings. The molecule has 1 aliphatic heterocycles. The van der Waals surface area contributed by atoms with Gasteiger partial charge in [-0.25, -0.2) is 0 Å². The minimum atomic E-state index is -0.566. The number of rotatable bonds is 5. The smallest absolute Gasteiger partial charge is 0.269 e. The zero-order chi connectivity index (χ0) is 19.5. The van der Waals surface area contributed by atoms with E-state index in [9.17, 15) is 10.1 Å². The number of para-hydroxylation sites is 1. The van der Waals surface area contributed by atoms with Crippen molar-refractivity contribution in [3.8, 4) is 17.1 Å². The van der Waals surface area contributed by atoms with Crippen molar-refractivity contribution >= 4 is 23.1 Å². The predicted molar refractivity (Wildman–Crippen MR) is 106 cm³/mol. The van der Waals surface area contributed by atoms with Gasteiger partial charge >= 0.3 is 0 Å². The summed E-state index contributed by atoms with van der Waals surface area (Å²) in [6.45, 7) is 2.09. The Balaban J connectivity index is 1.75. The molecular formula is C19H17N5O3S. The fourth-order valence-corrected chi connectivity index (χ4v) is 3.46. The summed E-state index contributed by atoms with van der Waals surface area (Å²) >= 11 is 1.52. The zero-order valence-electron chi connectivity index (χ0n) is 15.0. The monoisotopic (exact) mass is 395 g/mol. The Labute approximate surface area is 165 Å². The first kappa shape index (κ1) is 18.2. The summed E-state index contributed by atoms with van der Waals surface area (Å²) in [4.78, 5) is 15.0. The van der Waals surface area contributed by atoms with Crippen LogP contribution in [0.1, 0.15) is 25.1 Å². The number of thioether (sulfide) groups is 1. The lowest BCUT2D eigenvalue weighted by atomic mass is 10.1. The maximum atomic E-state index is 10.9. The maximum absolute atomic E-state index is 10.9. The lowest BCUT2D eigenvalue weighted by Gasteiger charge is -2.19. The first-order chi connectivity index (χ1) is 13.7. The molecule has 2 aromatic carbocycles. The van der Waals surface area contributed by atoms with Crippen LogP contribution in [0, 0.1) is 10.1 Å². The second-order valence-corrected chi connectivity index (χ2v) is 7.20. The normalized spacial score (nSPS) is 14.8. The molecule has 1 aromatic heterocycles. The summed E-state index contributed by atoms with van der Waals surface area (Å²) in [5.74, 6) is 1.27. The van der Waals surface area contributed by atoms with Crippen LogP contribution < -0.4 is 10.1 Å². The zero-order valence-corrected chi connectivity index (χ0v) is 15.8. The highest BCUT2D eigenvalue weighted by atomic mass is 32.2. The molecule has 0 spiro atoms. The minimum absolute atomic E-state index is 0.0282. The first-order valence-corrected chi connectivity index (χ1v) is 9.78. The summed E-state index contributed by atoms with van der Waals surface area (Å²) in [7, 11) is 0. The second kappa shape index (κ2) is 7.81. The summed E-state index contributed by atoms with van der Waals surface area (Å²) in [6.07, 6.45) is 0.436. The molecule has 0 saturated carbocycles. The summed E-state index contributed by atoms with van der Waals surface area (Å²) in [5, 5.41) is 23.4. The molecule has 0 amide bonds. The molecule has 9 heteroatoms. The molecule has 0 unspecified atom stereocenters. The lowest BCUT2D eigenvalue weighted by Crippen LogP contribution is -2.17. The van der Waals surface area contributed by atoms with E-state index in [0.29, 0.717) is 16.7 Å². The molecule has 1 aliphatic rings. The second-order valence-electron chi connectivity index (χ2n) is 6.13. The average Bonchev–Trinajstić information content (AvgIpc) is 2.88. The van der Waals surface area contributed by atoms with E-state index in [4.69, 9.17) is 4.74 Å². The Morgan fingerprint density at radius 3 is 2.71 bits per heavy atom. The number of anilines is 1.